The second-order valence-electron chi connectivity index (χ2n) is 5.32. The van der Waals surface area contributed by atoms with Crippen LogP contribution in [0.5, 0.6) is 0 Å². The molecule has 1 aliphatic carbocycles. The molecule has 1 heteroatoms. The Hall–Kier alpha value is -1.76. The summed E-state index contributed by atoms with van der Waals surface area (Å²) in [7, 11) is 0. The van der Waals surface area contributed by atoms with Crippen LogP contribution in [0.25, 0.3) is 11.1 Å². The molecule has 0 aromatic heterocycles. The Bertz CT molecular complexity index is 550. The molecule has 0 radical (unpaired) electrons. The summed E-state index contributed by atoms with van der Waals surface area (Å²) >= 11 is 0. The maximum atomic E-state index is 5.86. The van der Waals surface area contributed by atoms with Crippen LogP contribution in [0, 0.1) is 6.92 Å². The van der Waals surface area contributed by atoms with E-state index in [-0.39, 0.29) is 0 Å². The molecule has 0 atom stereocenters. The topological polar surface area (TPSA) is 26.0 Å². The first-order chi connectivity index (χ1) is 8.74. The fraction of sp³-hybridized carbons (Fsp3) is 0.294. The van der Waals surface area contributed by atoms with E-state index in [0.29, 0.717) is 0 Å². The zero-order valence-electron chi connectivity index (χ0n) is 10.8. The van der Waals surface area contributed by atoms with Crippen LogP contribution in [-0.4, -0.2) is 0 Å². The number of aryl methyl sites for hydroxylation is 1. The molecule has 0 spiro atoms. The highest BCUT2D eigenvalue weighted by molar-refractivity contribution is 5.67. The monoisotopic (exact) mass is 237 g/mol. The van der Waals surface area contributed by atoms with Crippen molar-refractivity contribution in [3.63, 3.8) is 0 Å². The summed E-state index contributed by atoms with van der Waals surface area (Å²) in [6, 6.07) is 15.3. The summed E-state index contributed by atoms with van der Waals surface area (Å²) in [5.74, 6) is 0.812. The average Bonchev–Trinajstić information content (AvgIpc) is 2.32. The van der Waals surface area contributed by atoms with E-state index in [1.165, 1.54) is 36.0 Å². The lowest BCUT2D eigenvalue weighted by molar-refractivity contribution is 0.420. The van der Waals surface area contributed by atoms with E-state index >= 15 is 0 Å². The minimum absolute atomic E-state index is 0.812. The second-order valence-corrected chi connectivity index (χ2v) is 5.32. The van der Waals surface area contributed by atoms with Crippen molar-refractivity contribution in [1.82, 2.24) is 0 Å². The molecule has 1 aliphatic rings. The largest absolute Gasteiger partial charge is 0.399 e. The Balaban J connectivity index is 1.89. The number of hydrogen-bond donors (Lipinski definition) is 1. The summed E-state index contributed by atoms with van der Waals surface area (Å²) in [6.45, 7) is 2.06. The molecule has 2 aromatic carbocycles. The highest BCUT2D eigenvalue weighted by Gasteiger charge is 2.18. The van der Waals surface area contributed by atoms with E-state index in [0.717, 1.165) is 17.2 Å². The molecule has 1 nitrogen and oxygen atoms in total. The van der Waals surface area contributed by atoms with Crippen LogP contribution in [0.3, 0.4) is 0 Å². The summed E-state index contributed by atoms with van der Waals surface area (Å²) in [6.07, 6.45) is 4.12. The van der Waals surface area contributed by atoms with Crippen LogP contribution in [0.15, 0.2) is 42.5 Å². The van der Waals surface area contributed by atoms with Gasteiger partial charge in [0.05, 0.1) is 0 Å². The molecule has 0 amide bonds. The molecule has 92 valence electrons. The molecule has 2 aromatic rings. The lowest BCUT2D eigenvalue weighted by Gasteiger charge is -2.25. The van der Waals surface area contributed by atoms with E-state index in [4.69, 9.17) is 5.73 Å². The Morgan fingerprint density at radius 3 is 2.17 bits per heavy atom. The van der Waals surface area contributed by atoms with E-state index in [1.54, 1.807) is 0 Å². The van der Waals surface area contributed by atoms with Gasteiger partial charge in [0.25, 0.3) is 0 Å². The Morgan fingerprint density at radius 2 is 1.61 bits per heavy atom. The van der Waals surface area contributed by atoms with Crippen molar-refractivity contribution in [2.24, 2.45) is 0 Å². The third kappa shape index (κ3) is 2.01. The highest BCUT2D eigenvalue weighted by Crippen LogP contribution is 2.37. The van der Waals surface area contributed by atoms with Gasteiger partial charge in [-0.05, 0) is 60.1 Å². The smallest absolute Gasteiger partial charge is 0.0344 e. The molecule has 3 rings (SSSR count). The van der Waals surface area contributed by atoms with Gasteiger partial charge in [0.2, 0.25) is 0 Å². The lowest BCUT2D eigenvalue weighted by Crippen LogP contribution is -2.08. The van der Waals surface area contributed by atoms with Crippen LogP contribution < -0.4 is 5.73 Å². The van der Waals surface area contributed by atoms with Gasteiger partial charge in [-0.15, -0.1) is 0 Å². The van der Waals surface area contributed by atoms with Crippen molar-refractivity contribution >= 4 is 5.69 Å². The van der Waals surface area contributed by atoms with Crippen LogP contribution in [0.1, 0.15) is 36.3 Å². The summed E-state index contributed by atoms with van der Waals surface area (Å²) in [4.78, 5) is 0. The maximum Gasteiger partial charge on any atom is 0.0344 e. The molecule has 2 N–H and O–H groups in total. The third-order valence-corrected chi connectivity index (χ3v) is 4.09. The molecule has 0 saturated heterocycles. The zero-order chi connectivity index (χ0) is 12.5. The van der Waals surface area contributed by atoms with Gasteiger partial charge in [-0.1, -0.05) is 36.8 Å². The van der Waals surface area contributed by atoms with E-state index < -0.39 is 0 Å². The van der Waals surface area contributed by atoms with E-state index in [2.05, 4.69) is 43.3 Å². The Kier molecular flexibility index (Phi) is 2.83. The summed E-state index contributed by atoms with van der Waals surface area (Å²) in [5, 5.41) is 0. The molecule has 18 heavy (non-hydrogen) atoms. The van der Waals surface area contributed by atoms with Gasteiger partial charge in [0, 0.05) is 5.69 Å². The highest BCUT2D eigenvalue weighted by atomic mass is 14.5. The van der Waals surface area contributed by atoms with Gasteiger partial charge in [-0.2, -0.15) is 0 Å². The molecule has 1 saturated carbocycles. The fourth-order valence-corrected chi connectivity index (χ4v) is 2.54. The van der Waals surface area contributed by atoms with Crippen LogP contribution in [0.4, 0.5) is 5.69 Å². The average molecular weight is 237 g/mol. The predicted molar refractivity (Wildman–Crippen MR) is 77.6 cm³/mol. The van der Waals surface area contributed by atoms with Crippen molar-refractivity contribution in [3.05, 3.63) is 53.6 Å². The minimum Gasteiger partial charge on any atom is -0.399 e. The van der Waals surface area contributed by atoms with Crippen LogP contribution >= 0.6 is 0 Å². The Morgan fingerprint density at radius 1 is 0.944 bits per heavy atom. The van der Waals surface area contributed by atoms with Gasteiger partial charge in [-0.25, -0.2) is 0 Å². The number of nitrogen functional groups attached to an aromatic ring is 1. The van der Waals surface area contributed by atoms with Crippen molar-refractivity contribution in [2.75, 3.05) is 5.73 Å². The molecule has 0 aliphatic heterocycles. The number of hydrogen-bond acceptors (Lipinski definition) is 1. The molecular formula is C17H19N. The predicted octanol–water partition coefficient (Wildman–Crippen LogP) is 4.51. The van der Waals surface area contributed by atoms with Crippen molar-refractivity contribution in [2.45, 2.75) is 32.1 Å². The van der Waals surface area contributed by atoms with Crippen molar-refractivity contribution in [1.29, 1.82) is 0 Å². The Labute approximate surface area is 109 Å². The molecule has 0 heterocycles. The summed E-state index contributed by atoms with van der Waals surface area (Å²) in [5.41, 5.74) is 11.9. The van der Waals surface area contributed by atoms with Gasteiger partial charge in [-0.3, -0.25) is 0 Å². The number of benzene rings is 2. The molecule has 0 unspecified atom stereocenters. The molecule has 0 bridgehead atoms. The van der Waals surface area contributed by atoms with Crippen LogP contribution in [0.2, 0.25) is 0 Å². The van der Waals surface area contributed by atoms with Gasteiger partial charge in [0.15, 0.2) is 0 Å². The van der Waals surface area contributed by atoms with Crippen molar-refractivity contribution < 1.29 is 0 Å². The van der Waals surface area contributed by atoms with Crippen LogP contribution in [-0.2, 0) is 0 Å². The summed E-state index contributed by atoms with van der Waals surface area (Å²) < 4.78 is 0. The first-order valence-electron chi connectivity index (χ1n) is 6.70. The van der Waals surface area contributed by atoms with Gasteiger partial charge >= 0.3 is 0 Å². The molecular weight excluding hydrogens is 218 g/mol. The standard InChI is InChI=1S/C17H19N/c1-12-11-16(9-10-17(12)18)15-7-5-14(6-8-15)13-3-2-4-13/h5-11,13H,2-4,18H2,1H3. The van der Waals surface area contributed by atoms with Gasteiger partial charge in [0.1, 0.15) is 0 Å². The number of nitrogens with two attached hydrogens (primary N) is 1. The van der Waals surface area contributed by atoms with Gasteiger partial charge < -0.3 is 5.73 Å². The quantitative estimate of drug-likeness (QED) is 0.764. The van der Waals surface area contributed by atoms with E-state index in [9.17, 15) is 0 Å². The first kappa shape index (κ1) is 11.3. The van der Waals surface area contributed by atoms with Crippen molar-refractivity contribution in [3.8, 4) is 11.1 Å². The second kappa shape index (κ2) is 4.49. The number of anilines is 1. The maximum absolute atomic E-state index is 5.86. The lowest BCUT2D eigenvalue weighted by atomic mass is 9.80. The normalized spacial score (nSPS) is 15.4. The minimum atomic E-state index is 0.812. The third-order valence-electron chi connectivity index (χ3n) is 4.09. The fourth-order valence-electron chi connectivity index (χ4n) is 2.54. The SMILES string of the molecule is Cc1cc(-c2ccc(C3CCC3)cc2)ccc1N. The molecule has 1 fully saturated rings. The number of rotatable bonds is 2. The van der Waals surface area contributed by atoms with E-state index in [1.807, 2.05) is 6.07 Å². The zero-order valence-corrected chi connectivity index (χ0v) is 10.8. The first-order valence-corrected chi connectivity index (χ1v) is 6.70.